The molecule has 1 aromatic heterocycles. The Hall–Kier alpha value is -2.18. The van der Waals surface area contributed by atoms with Gasteiger partial charge >= 0.3 is 0 Å². The SMILES string of the molecule is CON(C)C(=O)C[C@H]1C[C@H]2c3[nH]c4ccccc4c3CCN2C[C@@H]1C(C)=O. The number of fused-ring (bicyclic) bond motifs is 5. The highest BCUT2D eigenvalue weighted by Crippen LogP contribution is 2.44. The van der Waals surface area contributed by atoms with Crippen LogP contribution in [-0.2, 0) is 20.8 Å². The summed E-state index contributed by atoms with van der Waals surface area (Å²) in [5.41, 5.74) is 3.83. The number of hydrogen-bond acceptors (Lipinski definition) is 4. The Morgan fingerprint density at radius 1 is 1.33 bits per heavy atom. The van der Waals surface area contributed by atoms with Crippen LogP contribution in [0.15, 0.2) is 24.3 Å². The van der Waals surface area contributed by atoms with Crippen molar-refractivity contribution < 1.29 is 14.4 Å². The number of amides is 1. The van der Waals surface area contributed by atoms with Crippen molar-refractivity contribution >= 4 is 22.6 Å². The number of aromatic amines is 1. The van der Waals surface area contributed by atoms with Crippen LogP contribution in [0.3, 0.4) is 0 Å². The molecule has 27 heavy (non-hydrogen) atoms. The molecule has 1 amide bonds. The molecule has 0 bridgehead atoms. The summed E-state index contributed by atoms with van der Waals surface area (Å²) in [5.74, 6) is 0.0382. The molecule has 1 saturated heterocycles. The minimum atomic E-state index is -0.0959. The third-order valence-electron chi connectivity index (χ3n) is 6.38. The third-order valence-corrected chi connectivity index (χ3v) is 6.38. The van der Waals surface area contributed by atoms with Gasteiger partial charge in [-0.1, -0.05) is 18.2 Å². The molecule has 2 aliphatic rings. The van der Waals surface area contributed by atoms with E-state index in [4.69, 9.17) is 4.84 Å². The van der Waals surface area contributed by atoms with Crippen LogP contribution in [0.1, 0.15) is 37.1 Å². The van der Waals surface area contributed by atoms with Gasteiger partial charge in [-0.2, -0.15) is 0 Å². The third kappa shape index (κ3) is 3.17. The van der Waals surface area contributed by atoms with E-state index in [0.29, 0.717) is 6.42 Å². The first-order chi connectivity index (χ1) is 13.0. The smallest absolute Gasteiger partial charge is 0.246 e. The highest BCUT2D eigenvalue weighted by Gasteiger charge is 2.42. The van der Waals surface area contributed by atoms with Crippen LogP contribution in [0.4, 0.5) is 0 Å². The number of rotatable bonds is 4. The number of hydroxylamine groups is 2. The van der Waals surface area contributed by atoms with Gasteiger partial charge in [0.2, 0.25) is 5.91 Å². The van der Waals surface area contributed by atoms with E-state index in [1.165, 1.54) is 34.3 Å². The van der Waals surface area contributed by atoms with Crippen LogP contribution in [-0.4, -0.2) is 53.9 Å². The van der Waals surface area contributed by atoms with E-state index in [9.17, 15) is 9.59 Å². The lowest BCUT2D eigenvalue weighted by Gasteiger charge is -2.45. The zero-order valence-corrected chi connectivity index (χ0v) is 16.2. The lowest BCUT2D eigenvalue weighted by atomic mass is 9.75. The summed E-state index contributed by atoms with van der Waals surface area (Å²) in [7, 11) is 3.11. The minimum absolute atomic E-state index is 0.0335. The van der Waals surface area contributed by atoms with Crippen LogP contribution in [0.5, 0.6) is 0 Å². The average molecular weight is 369 g/mol. The zero-order chi connectivity index (χ0) is 19.1. The number of H-pyrrole nitrogens is 1. The van der Waals surface area contributed by atoms with Crippen LogP contribution in [0.2, 0.25) is 0 Å². The zero-order valence-electron chi connectivity index (χ0n) is 16.2. The van der Waals surface area contributed by atoms with Gasteiger partial charge in [-0.3, -0.25) is 19.3 Å². The van der Waals surface area contributed by atoms with Crippen molar-refractivity contribution in [3.63, 3.8) is 0 Å². The van der Waals surface area contributed by atoms with Crippen molar-refractivity contribution in [2.24, 2.45) is 11.8 Å². The van der Waals surface area contributed by atoms with Crippen molar-refractivity contribution in [2.75, 3.05) is 27.2 Å². The summed E-state index contributed by atoms with van der Waals surface area (Å²) in [6.07, 6.45) is 2.15. The van der Waals surface area contributed by atoms with Gasteiger partial charge in [0, 0.05) is 49.1 Å². The topological polar surface area (TPSA) is 65.6 Å². The summed E-state index contributed by atoms with van der Waals surface area (Å²) in [6, 6.07) is 8.67. The van der Waals surface area contributed by atoms with Crippen LogP contribution >= 0.6 is 0 Å². The Kier molecular flexibility index (Phi) is 4.78. The van der Waals surface area contributed by atoms with Crippen molar-refractivity contribution in [1.82, 2.24) is 14.9 Å². The summed E-state index contributed by atoms with van der Waals surface area (Å²) in [5, 5.41) is 2.56. The van der Waals surface area contributed by atoms with Crippen LogP contribution < -0.4 is 0 Å². The fraction of sp³-hybridized carbons (Fsp3) is 0.524. The van der Waals surface area contributed by atoms with E-state index >= 15 is 0 Å². The fourth-order valence-electron chi connectivity index (χ4n) is 4.85. The summed E-state index contributed by atoms with van der Waals surface area (Å²) in [4.78, 5) is 35.8. The fourth-order valence-corrected chi connectivity index (χ4v) is 4.85. The first-order valence-electron chi connectivity index (χ1n) is 9.64. The molecule has 1 fully saturated rings. The second-order valence-corrected chi connectivity index (χ2v) is 7.81. The molecule has 0 radical (unpaired) electrons. The maximum Gasteiger partial charge on any atom is 0.246 e. The number of carbonyl (C=O) groups is 2. The number of hydrogen-bond donors (Lipinski definition) is 1. The number of nitrogens with one attached hydrogen (secondary N) is 1. The molecule has 0 unspecified atom stereocenters. The molecule has 1 N–H and O–H groups in total. The average Bonchev–Trinajstić information content (AvgIpc) is 3.05. The van der Waals surface area contributed by atoms with Gasteiger partial charge in [-0.05, 0) is 37.3 Å². The first kappa shape index (κ1) is 18.2. The molecule has 0 saturated carbocycles. The van der Waals surface area contributed by atoms with Crippen LogP contribution in [0.25, 0.3) is 10.9 Å². The quantitative estimate of drug-likeness (QED) is 0.842. The number of aromatic nitrogens is 1. The molecule has 2 aliphatic heterocycles. The predicted molar refractivity (Wildman–Crippen MR) is 103 cm³/mol. The van der Waals surface area contributed by atoms with Crippen LogP contribution in [0, 0.1) is 11.8 Å². The first-order valence-corrected chi connectivity index (χ1v) is 9.64. The highest BCUT2D eigenvalue weighted by molar-refractivity contribution is 5.85. The number of Topliss-reactive ketones (excluding diaryl/α,β-unsaturated/α-hetero) is 1. The largest absolute Gasteiger partial charge is 0.357 e. The van der Waals surface area contributed by atoms with E-state index in [2.05, 4.69) is 34.1 Å². The maximum atomic E-state index is 12.4. The molecule has 0 spiro atoms. The Morgan fingerprint density at radius 3 is 2.85 bits per heavy atom. The number of carbonyl (C=O) groups excluding carboxylic acids is 2. The molecule has 6 heteroatoms. The molecule has 3 heterocycles. The van der Waals surface area contributed by atoms with Gasteiger partial charge < -0.3 is 4.98 Å². The van der Waals surface area contributed by atoms with Crippen molar-refractivity contribution in [1.29, 1.82) is 0 Å². The Morgan fingerprint density at radius 2 is 2.11 bits per heavy atom. The molecule has 2 aromatic rings. The lowest BCUT2D eigenvalue weighted by Crippen LogP contribution is -2.48. The van der Waals surface area contributed by atoms with E-state index in [-0.39, 0.29) is 29.6 Å². The lowest BCUT2D eigenvalue weighted by molar-refractivity contribution is -0.171. The minimum Gasteiger partial charge on any atom is -0.357 e. The number of piperidine rings is 1. The van der Waals surface area contributed by atoms with Crippen molar-refractivity contribution in [3.8, 4) is 0 Å². The molecule has 4 rings (SSSR count). The van der Waals surface area contributed by atoms with Gasteiger partial charge in [0.15, 0.2) is 0 Å². The van der Waals surface area contributed by atoms with Gasteiger partial charge in [0.05, 0.1) is 13.2 Å². The number of benzene rings is 1. The summed E-state index contributed by atoms with van der Waals surface area (Å²) in [6.45, 7) is 3.34. The van der Waals surface area contributed by atoms with E-state index in [1.807, 2.05) is 0 Å². The Labute approximate surface area is 159 Å². The van der Waals surface area contributed by atoms with E-state index < -0.39 is 0 Å². The predicted octanol–water partition coefficient (Wildman–Crippen LogP) is 2.70. The molecular formula is C21H27N3O3. The molecule has 3 atom stereocenters. The molecule has 6 nitrogen and oxygen atoms in total. The van der Waals surface area contributed by atoms with Crippen molar-refractivity contribution in [2.45, 2.75) is 32.2 Å². The van der Waals surface area contributed by atoms with Gasteiger partial charge in [0.25, 0.3) is 0 Å². The molecular weight excluding hydrogens is 342 g/mol. The Bertz CT molecular complexity index is 875. The Balaban J connectivity index is 1.65. The normalized spacial score (nSPS) is 25.1. The number of ketones is 1. The van der Waals surface area contributed by atoms with Gasteiger partial charge in [0.1, 0.15) is 5.78 Å². The van der Waals surface area contributed by atoms with Gasteiger partial charge in [-0.15, -0.1) is 0 Å². The summed E-state index contributed by atoms with van der Waals surface area (Å²) >= 11 is 0. The number of para-hydroxylation sites is 1. The molecule has 0 aliphatic carbocycles. The highest BCUT2D eigenvalue weighted by atomic mass is 16.7. The maximum absolute atomic E-state index is 12.4. The monoisotopic (exact) mass is 369 g/mol. The molecule has 144 valence electrons. The summed E-state index contributed by atoms with van der Waals surface area (Å²) < 4.78 is 0. The van der Waals surface area contributed by atoms with Gasteiger partial charge in [-0.25, -0.2) is 5.06 Å². The van der Waals surface area contributed by atoms with Crippen molar-refractivity contribution in [3.05, 3.63) is 35.5 Å². The van der Waals surface area contributed by atoms with E-state index in [1.54, 1.807) is 14.0 Å². The number of nitrogens with zero attached hydrogens (tertiary/aromatic N) is 2. The van der Waals surface area contributed by atoms with E-state index in [0.717, 1.165) is 25.9 Å². The molecule has 1 aromatic carbocycles. The standard InChI is InChI=1S/C21H27N3O3/c1-13(25)17-12-24-9-8-16-15-6-4-5-7-18(15)22-21(16)19(24)10-14(17)11-20(26)23(2)27-3/h4-7,14,17,19,22H,8-12H2,1-3H3/t14-,17-,19+/m1/s1. The second-order valence-electron chi connectivity index (χ2n) is 7.81. The second kappa shape index (κ2) is 7.09.